The Bertz CT molecular complexity index is 1380. The van der Waals surface area contributed by atoms with Crippen molar-refractivity contribution >= 4 is 37.8 Å². The van der Waals surface area contributed by atoms with Gasteiger partial charge in [-0.3, -0.25) is 4.68 Å². The molecule has 0 bridgehead atoms. The van der Waals surface area contributed by atoms with Crippen LogP contribution >= 0.6 is 11.3 Å². The number of likely N-dealkylation sites (N-methyl/N-ethyl adjacent to an activating group) is 1. The van der Waals surface area contributed by atoms with Crippen LogP contribution in [-0.4, -0.2) is 52.2 Å². The van der Waals surface area contributed by atoms with E-state index in [1.54, 1.807) is 34.6 Å². The number of aryl methyl sites for hydroxylation is 1. The van der Waals surface area contributed by atoms with Gasteiger partial charge in [0.2, 0.25) is 0 Å². The molecule has 31 heavy (non-hydrogen) atoms. The zero-order valence-electron chi connectivity index (χ0n) is 17.4. The van der Waals surface area contributed by atoms with Crippen molar-refractivity contribution in [1.82, 2.24) is 23.6 Å². The highest BCUT2D eigenvalue weighted by Gasteiger charge is 2.25. The molecule has 0 radical (unpaired) electrons. The van der Waals surface area contributed by atoms with Gasteiger partial charge in [0.05, 0.1) is 11.7 Å². The van der Waals surface area contributed by atoms with E-state index < -0.39 is 10.0 Å². The SMILES string of the molecule is CCn1cc(S(=O)(=O)n2cc(C3=CCN(C)CC3)c3cc(-c4nccs4)ccc32)cn1. The van der Waals surface area contributed by atoms with Crippen molar-refractivity contribution in [3.63, 3.8) is 0 Å². The third-order valence-electron chi connectivity index (χ3n) is 5.70. The normalized spacial score (nSPS) is 15.5. The van der Waals surface area contributed by atoms with Crippen molar-refractivity contribution in [3.05, 3.63) is 60.0 Å². The number of hydrogen-bond acceptors (Lipinski definition) is 6. The molecule has 1 aliphatic heterocycles. The van der Waals surface area contributed by atoms with Gasteiger partial charge in [-0.1, -0.05) is 6.08 Å². The van der Waals surface area contributed by atoms with E-state index in [1.807, 2.05) is 24.4 Å². The summed E-state index contributed by atoms with van der Waals surface area (Å²) >= 11 is 1.57. The molecule has 1 aromatic carbocycles. The Balaban J connectivity index is 1.72. The summed E-state index contributed by atoms with van der Waals surface area (Å²) in [7, 11) is -1.68. The first-order chi connectivity index (χ1) is 15.0. The van der Waals surface area contributed by atoms with E-state index in [9.17, 15) is 8.42 Å². The largest absolute Gasteiger partial charge is 0.302 e. The number of hydrogen-bond donors (Lipinski definition) is 0. The van der Waals surface area contributed by atoms with Crippen LogP contribution in [0.4, 0.5) is 0 Å². The van der Waals surface area contributed by atoms with Crippen LogP contribution in [0.25, 0.3) is 27.0 Å². The molecular weight excluding hydrogens is 430 g/mol. The first-order valence-corrected chi connectivity index (χ1v) is 12.5. The zero-order valence-corrected chi connectivity index (χ0v) is 19.0. The number of thiazole rings is 1. The quantitative estimate of drug-likeness (QED) is 0.458. The monoisotopic (exact) mass is 453 g/mol. The van der Waals surface area contributed by atoms with Crippen molar-refractivity contribution in [3.8, 4) is 10.6 Å². The molecule has 5 rings (SSSR count). The van der Waals surface area contributed by atoms with Gasteiger partial charge in [0, 0.05) is 60.1 Å². The fourth-order valence-corrected chi connectivity index (χ4v) is 5.89. The summed E-state index contributed by atoms with van der Waals surface area (Å²) in [6.07, 6.45) is 9.63. The van der Waals surface area contributed by atoms with Gasteiger partial charge in [-0.2, -0.15) is 5.10 Å². The molecule has 4 heterocycles. The van der Waals surface area contributed by atoms with Gasteiger partial charge in [0.15, 0.2) is 0 Å². The van der Waals surface area contributed by atoms with Crippen LogP contribution in [0.3, 0.4) is 0 Å². The maximum Gasteiger partial charge on any atom is 0.271 e. The maximum absolute atomic E-state index is 13.5. The van der Waals surface area contributed by atoms with Crippen LogP contribution in [0, 0.1) is 0 Å². The molecule has 7 nitrogen and oxygen atoms in total. The van der Waals surface area contributed by atoms with Crippen molar-refractivity contribution in [2.75, 3.05) is 20.1 Å². The third-order valence-corrected chi connectivity index (χ3v) is 8.15. The molecule has 4 aromatic rings. The average molecular weight is 454 g/mol. The molecule has 0 saturated heterocycles. The van der Waals surface area contributed by atoms with Gasteiger partial charge in [-0.15, -0.1) is 11.3 Å². The van der Waals surface area contributed by atoms with E-state index >= 15 is 0 Å². The fraction of sp³-hybridized carbons (Fsp3) is 0.273. The fourth-order valence-electron chi connectivity index (χ4n) is 3.93. The highest BCUT2D eigenvalue weighted by molar-refractivity contribution is 7.90. The van der Waals surface area contributed by atoms with Gasteiger partial charge in [0.1, 0.15) is 9.90 Å². The van der Waals surface area contributed by atoms with Gasteiger partial charge >= 0.3 is 0 Å². The summed E-state index contributed by atoms with van der Waals surface area (Å²) in [5.74, 6) is 0. The molecule has 3 aromatic heterocycles. The van der Waals surface area contributed by atoms with Crippen LogP contribution in [0.5, 0.6) is 0 Å². The number of nitrogens with zero attached hydrogens (tertiary/aromatic N) is 5. The Labute approximate surface area is 185 Å². The summed E-state index contributed by atoms with van der Waals surface area (Å²) < 4.78 is 30.0. The van der Waals surface area contributed by atoms with Crippen LogP contribution in [-0.2, 0) is 16.6 Å². The Morgan fingerprint density at radius 2 is 2.10 bits per heavy atom. The summed E-state index contributed by atoms with van der Waals surface area (Å²) in [5, 5.41) is 7.95. The Morgan fingerprint density at radius 3 is 2.77 bits per heavy atom. The molecule has 0 atom stereocenters. The second-order valence-corrected chi connectivity index (χ2v) is 10.4. The summed E-state index contributed by atoms with van der Waals surface area (Å²) in [4.78, 5) is 6.87. The van der Waals surface area contributed by atoms with E-state index in [2.05, 4.69) is 34.2 Å². The minimum absolute atomic E-state index is 0.194. The average Bonchev–Trinajstić information content (AvgIpc) is 3.53. The molecule has 0 N–H and O–H groups in total. The van der Waals surface area contributed by atoms with E-state index in [0.29, 0.717) is 12.1 Å². The topological polar surface area (TPSA) is 73.0 Å². The Hall–Kier alpha value is -2.75. The van der Waals surface area contributed by atoms with E-state index in [0.717, 1.165) is 41.0 Å². The molecule has 0 fully saturated rings. The van der Waals surface area contributed by atoms with Crippen LogP contribution < -0.4 is 0 Å². The van der Waals surface area contributed by atoms with Crippen molar-refractivity contribution in [1.29, 1.82) is 0 Å². The summed E-state index contributed by atoms with van der Waals surface area (Å²) in [6, 6.07) is 5.88. The van der Waals surface area contributed by atoms with Crippen LogP contribution in [0.15, 0.2) is 59.3 Å². The molecule has 0 spiro atoms. The van der Waals surface area contributed by atoms with Gasteiger partial charge in [-0.25, -0.2) is 17.4 Å². The molecule has 0 amide bonds. The number of rotatable bonds is 5. The van der Waals surface area contributed by atoms with E-state index in [4.69, 9.17) is 0 Å². The molecule has 0 unspecified atom stereocenters. The molecule has 9 heteroatoms. The molecule has 1 aliphatic rings. The predicted molar refractivity (Wildman–Crippen MR) is 124 cm³/mol. The van der Waals surface area contributed by atoms with Gasteiger partial charge < -0.3 is 4.90 Å². The Kier molecular flexibility index (Phi) is 5.04. The summed E-state index contributed by atoms with van der Waals surface area (Å²) in [6.45, 7) is 4.34. The molecule has 160 valence electrons. The van der Waals surface area contributed by atoms with Crippen LogP contribution in [0.2, 0.25) is 0 Å². The second kappa shape index (κ2) is 7.74. The first-order valence-electron chi connectivity index (χ1n) is 10.2. The number of aromatic nitrogens is 4. The van der Waals surface area contributed by atoms with Crippen molar-refractivity contribution < 1.29 is 8.42 Å². The second-order valence-electron chi connectivity index (χ2n) is 7.69. The third kappa shape index (κ3) is 3.52. The molecular formula is C22H23N5O2S2. The van der Waals surface area contributed by atoms with Gasteiger partial charge in [0.25, 0.3) is 10.0 Å². The highest BCUT2D eigenvalue weighted by atomic mass is 32.2. The van der Waals surface area contributed by atoms with Crippen LogP contribution in [0.1, 0.15) is 18.9 Å². The standard InChI is InChI=1S/C22H23N5O2S2/c1-3-26-14-18(13-24-26)31(28,29)27-15-20(16-6-9-25(2)10-7-16)19-12-17(4-5-21(19)27)22-23-8-11-30-22/h4-6,8,11-15H,3,7,9-10H2,1-2H3. The lowest BCUT2D eigenvalue weighted by Crippen LogP contribution is -2.23. The summed E-state index contributed by atoms with van der Waals surface area (Å²) in [5.41, 5.74) is 3.80. The minimum Gasteiger partial charge on any atom is -0.302 e. The predicted octanol–water partition coefficient (Wildman–Crippen LogP) is 3.94. The smallest absolute Gasteiger partial charge is 0.271 e. The molecule has 0 saturated carbocycles. The lowest BCUT2D eigenvalue weighted by Gasteiger charge is -2.21. The van der Waals surface area contributed by atoms with Crippen molar-refractivity contribution in [2.24, 2.45) is 0 Å². The Morgan fingerprint density at radius 1 is 1.23 bits per heavy atom. The van der Waals surface area contributed by atoms with Gasteiger partial charge in [-0.05, 0) is 44.2 Å². The first kappa shape index (κ1) is 20.2. The number of fused-ring (bicyclic) bond motifs is 1. The lowest BCUT2D eigenvalue weighted by atomic mass is 9.98. The zero-order chi connectivity index (χ0) is 21.6. The highest BCUT2D eigenvalue weighted by Crippen LogP contribution is 2.35. The number of benzene rings is 1. The maximum atomic E-state index is 13.5. The molecule has 0 aliphatic carbocycles. The van der Waals surface area contributed by atoms with Crippen molar-refractivity contribution in [2.45, 2.75) is 24.8 Å². The van der Waals surface area contributed by atoms with E-state index in [1.165, 1.54) is 15.7 Å². The van der Waals surface area contributed by atoms with E-state index in [-0.39, 0.29) is 4.90 Å². The minimum atomic E-state index is -3.77. The lowest BCUT2D eigenvalue weighted by molar-refractivity contribution is 0.370.